The van der Waals surface area contributed by atoms with Crippen molar-refractivity contribution in [1.82, 2.24) is 5.32 Å². The van der Waals surface area contributed by atoms with Gasteiger partial charge in [-0.05, 0) is 31.0 Å². The molecule has 1 amide bonds. The number of thioether (sulfide) groups is 2. The second kappa shape index (κ2) is 8.48. The quantitative estimate of drug-likeness (QED) is 0.807. The van der Waals surface area contributed by atoms with Crippen molar-refractivity contribution in [1.29, 1.82) is 0 Å². The van der Waals surface area contributed by atoms with Crippen LogP contribution in [0.4, 0.5) is 0 Å². The van der Waals surface area contributed by atoms with Gasteiger partial charge in [-0.1, -0.05) is 19.1 Å². The van der Waals surface area contributed by atoms with E-state index in [0.29, 0.717) is 10.1 Å². The predicted molar refractivity (Wildman–Crippen MR) is 92.3 cm³/mol. The largest absolute Gasteiger partial charge is 0.452 e. The van der Waals surface area contributed by atoms with Gasteiger partial charge in [-0.15, -0.1) is 23.5 Å². The molecule has 2 rings (SSSR count). The molecule has 1 N–H and O–H groups in total. The Morgan fingerprint density at radius 2 is 1.91 bits per heavy atom. The number of hydrogen-bond donors (Lipinski definition) is 1. The van der Waals surface area contributed by atoms with Gasteiger partial charge < -0.3 is 10.1 Å². The van der Waals surface area contributed by atoms with Crippen LogP contribution in [0.15, 0.2) is 24.3 Å². The maximum absolute atomic E-state index is 11.9. The molecule has 22 heavy (non-hydrogen) atoms. The lowest BCUT2D eigenvalue weighted by Gasteiger charge is -2.12. The predicted octanol–water partition coefficient (Wildman–Crippen LogP) is 3.24. The van der Waals surface area contributed by atoms with E-state index < -0.39 is 5.97 Å². The van der Waals surface area contributed by atoms with Gasteiger partial charge in [0, 0.05) is 17.5 Å². The third-order valence-electron chi connectivity index (χ3n) is 3.39. The van der Waals surface area contributed by atoms with Gasteiger partial charge in [-0.25, -0.2) is 4.79 Å². The molecule has 1 aliphatic rings. The molecule has 1 aliphatic heterocycles. The van der Waals surface area contributed by atoms with E-state index in [1.54, 1.807) is 12.1 Å². The first-order chi connectivity index (χ1) is 10.6. The maximum atomic E-state index is 11.9. The molecule has 0 radical (unpaired) electrons. The fourth-order valence-corrected chi connectivity index (χ4v) is 4.82. The van der Waals surface area contributed by atoms with Gasteiger partial charge in [0.25, 0.3) is 5.91 Å². The third kappa shape index (κ3) is 4.95. The van der Waals surface area contributed by atoms with Crippen molar-refractivity contribution < 1.29 is 14.3 Å². The second-order valence-electron chi connectivity index (χ2n) is 5.15. The Hall–Kier alpha value is -1.14. The smallest absolute Gasteiger partial charge is 0.338 e. The topological polar surface area (TPSA) is 55.4 Å². The van der Waals surface area contributed by atoms with Crippen molar-refractivity contribution in [2.75, 3.05) is 18.1 Å². The summed E-state index contributed by atoms with van der Waals surface area (Å²) in [7, 11) is 0. The number of carbonyl (C=O) groups is 2. The van der Waals surface area contributed by atoms with E-state index in [-0.39, 0.29) is 18.6 Å². The highest BCUT2D eigenvalue weighted by Crippen LogP contribution is 2.45. The summed E-state index contributed by atoms with van der Waals surface area (Å²) < 4.78 is 5.50. The van der Waals surface area contributed by atoms with Crippen molar-refractivity contribution in [2.45, 2.75) is 30.9 Å². The summed E-state index contributed by atoms with van der Waals surface area (Å²) in [6.45, 7) is 3.66. The Balaban J connectivity index is 1.83. The monoisotopic (exact) mass is 339 g/mol. The van der Waals surface area contributed by atoms with E-state index in [9.17, 15) is 9.59 Å². The Kier molecular flexibility index (Phi) is 6.64. The van der Waals surface area contributed by atoms with Crippen LogP contribution in [-0.2, 0) is 9.53 Å². The van der Waals surface area contributed by atoms with Gasteiger partial charge in [-0.3, -0.25) is 4.79 Å². The molecule has 0 aliphatic carbocycles. The summed E-state index contributed by atoms with van der Waals surface area (Å²) in [5.74, 6) is 1.62. The highest BCUT2D eigenvalue weighted by Gasteiger charge is 2.19. The van der Waals surface area contributed by atoms with E-state index >= 15 is 0 Å². The minimum Gasteiger partial charge on any atom is -0.452 e. The number of rotatable bonds is 6. The lowest BCUT2D eigenvalue weighted by molar-refractivity contribution is -0.124. The van der Waals surface area contributed by atoms with Gasteiger partial charge in [0.05, 0.1) is 10.1 Å². The first-order valence-electron chi connectivity index (χ1n) is 7.39. The van der Waals surface area contributed by atoms with Gasteiger partial charge in [0.1, 0.15) is 0 Å². The molecule has 1 heterocycles. The van der Waals surface area contributed by atoms with Crippen LogP contribution in [0.3, 0.4) is 0 Å². The van der Waals surface area contributed by atoms with E-state index in [2.05, 4.69) is 5.32 Å². The Morgan fingerprint density at radius 1 is 1.27 bits per heavy atom. The minimum atomic E-state index is -0.461. The van der Waals surface area contributed by atoms with Crippen molar-refractivity contribution >= 4 is 35.4 Å². The molecular formula is C16H21NO3S2. The molecule has 1 atom stereocenters. The van der Waals surface area contributed by atoms with Gasteiger partial charge in [0.2, 0.25) is 0 Å². The van der Waals surface area contributed by atoms with E-state index in [0.717, 1.165) is 6.42 Å². The van der Waals surface area contributed by atoms with E-state index in [1.165, 1.54) is 17.1 Å². The van der Waals surface area contributed by atoms with Crippen LogP contribution in [0, 0.1) is 0 Å². The highest BCUT2D eigenvalue weighted by atomic mass is 32.2. The van der Waals surface area contributed by atoms with Gasteiger partial charge in [0.15, 0.2) is 6.61 Å². The van der Waals surface area contributed by atoms with Crippen molar-refractivity contribution in [3.63, 3.8) is 0 Å². The number of benzene rings is 1. The molecule has 1 fully saturated rings. The lowest BCUT2D eigenvalue weighted by atomic mass is 10.1. The summed E-state index contributed by atoms with van der Waals surface area (Å²) in [4.78, 5) is 23.5. The van der Waals surface area contributed by atoms with Crippen LogP contribution >= 0.6 is 23.5 Å². The zero-order valence-corrected chi connectivity index (χ0v) is 14.5. The zero-order chi connectivity index (χ0) is 15.9. The molecule has 0 aromatic heterocycles. The number of ether oxygens (including phenoxy) is 1. The van der Waals surface area contributed by atoms with Crippen LogP contribution in [0.25, 0.3) is 0 Å². The molecule has 1 aromatic carbocycles. The molecule has 0 spiro atoms. The number of nitrogens with one attached hydrogen (secondary N) is 1. The number of amides is 1. The van der Waals surface area contributed by atoms with Crippen LogP contribution in [0.5, 0.6) is 0 Å². The van der Waals surface area contributed by atoms with Gasteiger partial charge in [-0.2, -0.15) is 0 Å². The summed E-state index contributed by atoms with van der Waals surface area (Å²) >= 11 is 3.85. The highest BCUT2D eigenvalue weighted by molar-refractivity contribution is 8.19. The molecule has 120 valence electrons. The fraction of sp³-hybridized carbons (Fsp3) is 0.500. The average Bonchev–Trinajstić information content (AvgIpc) is 3.07. The molecule has 0 unspecified atom stereocenters. The number of esters is 1. The second-order valence-corrected chi connectivity index (χ2v) is 7.87. The molecule has 4 nitrogen and oxygen atoms in total. The normalized spacial score (nSPS) is 16.3. The molecular weight excluding hydrogens is 318 g/mol. The number of carbonyl (C=O) groups excluding carboxylic acids is 2. The summed E-state index contributed by atoms with van der Waals surface area (Å²) in [6.07, 6.45) is 0.846. The first kappa shape index (κ1) is 17.2. The minimum absolute atomic E-state index is 0.0897. The summed E-state index contributed by atoms with van der Waals surface area (Å²) in [5, 5.41) is 2.76. The zero-order valence-electron chi connectivity index (χ0n) is 12.8. The standard InChI is InChI=1S/C16H21NO3S2/c1-3-11(2)17-14(18)10-20-15(19)12-4-6-13(7-5-12)16-21-8-9-22-16/h4-7,11,16H,3,8-10H2,1-2H3,(H,17,18)/t11-/m1/s1. The fourth-order valence-electron chi connectivity index (χ4n) is 1.96. The third-order valence-corrected chi connectivity index (χ3v) is 6.50. The summed E-state index contributed by atoms with van der Waals surface area (Å²) in [5.41, 5.74) is 1.70. The molecule has 0 bridgehead atoms. The van der Waals surface area contributed by atoms with E-state index in [4.69, 9.17) is 4.74 Å². The van der Waals surface area contributed by atoms with Gasteiger partial charge >= 0.3 is 5.97 Å². The average molecular weight is 339 g/mol. The molecule has 1 saturated heterocycles. The Morgan fingerprint density at radius 3 is 2.50 bits per heavy atom. The van der Waals surface area contributed by atoms with Crippen LogP contribution in [0.2, 0.25) is 0 Å². The Bertz CT molecular complexity index is 513. The van der Waals surface area contributed by atoms with Crippen LogP contribution in [-0.4, -0.2) is 36.0 Å². The molecule has 1 aromatic rings. The van der Waals surface area contributed by atoms with Crippen LogP contribution in [0.1, 0.15) is 40.8 Å². The lowest BCUT2D eigenvalue weighted by Crippen LogP contribution is -2.35. The Labute approximate surface area is 139 Å². The SMILES string of the molecule is CC[C@@H](C)NC(=O)COC(=O)c1ccc(C2SCCS2)cc1. The van der Waals surface area contributed by atoms with Crippen molar-refractivity contribution in [3.8, 4) is 0 Å². The number of hydrogen-bond acceptors (Lipinski definition) is 5. The van der Waals surface area contributed by atoms with E-state index in [1.807, 2.05) is 49.5 Å². The first-order valence-corrected chi connectivity index (χ1v) is 9.49. The van der Waals surface area contributed by atoms with Crippen molar-refractivity contribution in [2.24, 2.45) is 0 Å². The molecule has 0 saturated carbocycles. The summed E-state index contributed by atoms with van der Waals surface area (Å²) in [6, 6.07) is 7.55. The van der Waals surface area contributed by atoms with Crippen molar-refractivity contribution in [3.05, 3.63) is 35.4 Å². The molecule has 6 heteroatoms. The van der Waals surface area contributed by atoms with Crippen LogP contribution < -0.4 is 5.32 Å². The maximum Gasteiger partial charge on any atom is 0.338 e.